The summed E-state index contributed by atoms with van der Waals surface area (Å²) in [5.74, 6) is -1.26. The molecule has 1 heterocycles. The molecule has 1 unspecified atom stereocenters. The highest BCUT2D eigenvalue weighted by atomic mass is 16.9. The molecule has 66 valence electrons. The fourth-order valence-corrected chi connectivity index (χ4v) is 0.908. The van der Waals surface area contributed by atoms with Crippen molar-refractivity contribution in [3.8, 4) is 0 Å². The lowest BCUT2D eigenvalue weighted by Gasteiger charge is -2.11. The number of hydroxylamine groups is 1. The smallest absolute Gasteiger partial charge is 0.280 e. The van der Waals surface area contributed by atoms with Gasteiger partial charge in [0.2, 0.25) is 0 Å². The molecule has 0 bridgehead atoms. The number of aliphatic hydroxyl groups is 1. The number of nitrogens with one attached hydrogen (secondary N) is 1. The second-order valence-electron chi connectivity index (χ2n) is 2.79. The molecule has 0 saturated carbocycles. The van der Waals surface area contributed by atoms with Crippen LogP contribution in [0.4, 0.5) is 0 Å². The van der Waals surface area contributed by atoms with Crippen LogP contribution in [0.3, 0.4) is 0 Å². The lowest BCUT2D eigenvalue weighted by atomic mass is 10.1. The molecule has 0 aliphatic carbocycles. The Hall–Kier alpha value is -0.200. The summed E-state index contributed by atoms with van der Waals surface area (Å²) in [5, 5.41) is 9.21. The molecular weight excluding hydrogens is 146 g/mol. The van der Waals surface area contributed by atoms with Crippen LogP contribution in [0, 0.1) is 0 Å². The first-order valence-corrected chi connectivity index (χ1v) is 3.82. The van der Waals surface area contributed by atoms with Gasteiger partial charge in [0.1, 0.15) is 0 Å². The summed E-state index contributed by atoms with van der Waals surface area (Å²) in [7, 11) is 0. The van der Waals surface area contributed by atoms with E-state index in [2.05, 4.69) is 10.3 Å². The zero-order chi connectivity index (χ0) is 8.32. The Morgan fingerprint density at radius 2 is 2.18 bits per heavy atom. The second kappa shape index (κ2) is 3.46. The van der Waals surface area contributed by atoms with Crippen LogP contribution in [0.15, 0.2) is 0 Å². The predicted molar refractivity (Wildman–Crippen MR) is 40.1 cm³/mol. The van der Waals surface area contributed by atoms with E-state index in [0.717, 1.165) is 19.3 Å². The van der Waals surface area contributed by atoms with E-state index in [1.807, 2.05) is 0 Å². The van der Waals surface area contributed by atoms with Crippen LogP contribution in [-0.2, 0) is 4.84 Å². The van der Waals surface area contributed by atoms with E-state index < -0.39 is 5.91 Å². The lowest BCUT2D eigenvalue weighted by Crippen LogP contribution is -2.39. The minimum atomic E-state index is -1.26. The summed E-state index contributed by atoms with van der Waals surface area (Å²) in [4.78, 5) is 4.54. The van der Waals surface area contributed by atoms with E-state index in [-0.39, 0.29) is 6.04 Å². The van der Waals surface area contributed by atoms with Crippen LogP contribution in [0.1, 0.15) is 19.3 Å². The molecule has 5 nitrogen and oxygen atoms in total. The summed E-state index contributed by atoms with van der Waals surface area (Å²) < 4.78 is 0. The molecule has 1 fully saturated rings. The molecule has 1 saturated heterocycles. The number of hydrogen-bond donors (Lipinski definition) is 4. The van der Waals surface area contributed by atoms with Gasteiger partial charge in [-0.1, -0.05) is 6.42 Å². The van der Waals surface area contributed by atoms with Gasteiger partial charge in [-0.15, -0.1) is 5.48 Å². The summed E-state index contributed by atoms with van der Waals surface area (Å²) in [6.07, 6.45) is 2.58. The van der Waals surface area contributed by atoms with Crippen LogP contribution in [0.25, 0.3) is 0 Å². The maximum absolute atomic E-state index is 9.21. The monoisotopic (exact) mass is 161 g/mol. The van der Waals surface area contributed by atoms with Crippen LogP contribution in [0.2, 0.25) is 0 Å². The zero-order valence-electron chi connectivity index (χ0n) is 6.42. The molecule has 0 aromatic carbocycles. The number of rotatable bonds is 5. The van der Waals surface area contributed by atoms with Gasteiger partial charge in [-0.05, 0) is 19.4 Å². The van der Waals surface area contributed by atoms with Crippen LogP contribution >= 0.6 is 0 Å². The lowest BCUT2D eigenvalue weighted by molar-refractivity contribution is 0.00967. The van der Waals surface area contributed by atoms with Crippen molar-refractivity contribution >= 4 is 0 Å². The SMILES string of the molecule is NCCCC[C@H](N)C1(O)NO1. The molecule has 0 spiro atoms. The van der Waals surface area contributed by atoms with Crippen LogP contribution < -0.4 is 16.9 Å². The van der Waals surface area contributed by atoms with Gasteiger partial charge in [-0.25, -0.2) is 4.84 Å². The quantitative estimate of drug-likeness (QED) is 0.294. The number of nitrogens with two attached hydrogens (primary N) is 2. The van der Waals surface area contributed by atoms with Crippen molar-refractivity contribution in [3.05, 3.63) is 0 Å². The van der Waals surface area contributed by atoms with Crippen molar-refractivity contribution in [1.82, 2.24) is 5.48 Å². The van der Waals surface area contributed by atoms with E-state index in [1.165, 1.54) is 0 Å². The topological polar surface area (TPSA) is 107 Å². The highest BCUT2D eigenvalue weighted by molar-refractivity contribution is 4.82. The maximum Gasteiger partial charge on any atom is 0.280 e. The van der Waals surface area contributed by atoms with Gasteiger partial charge < -0.3 is 16.6 Å². The average Bonchev–Trinajstić information content (AvgIpc) is 2.70. The maximum atomic E-state index is 9.21. The van der Waals surface area contributed by atoms with Crippen LogP contribution in [0.5, 0.6) is 0 Å². The molecule has 1 rings (SSSR count). The van der Waals surface area contributed by atoms with Crippen molar-refractivity contribution in [2.75, 3.05) is 6.54 Å². The third-order valence-corrected chi connectivity index (χ3v) is 1.78. The average molecular weight is 161 g/mol. The molecule has 1 aliphatic heterocycles. The first-order valence-electron chi connectivity index (χ1n) is 3.82. The van der Waals surface area contributed by atoms with Gasteiger partial charge in [0.05, 0.1) is 6.04 Å². The van der Waals surface area contributed by atoms with Crippen molar-refractivity contribution in [3.63, 3.8) is 0 Å². The third kappa shape index (κ3) is 2.39. The van der Waals surface area contributed by atoms with Crippen molar-refractivity contribution < 1.29 is 9.94 Å². The van der Waals surface area contributed by atoms with Gasteiger partial charge in [-0.3, -0.25) is 0 Å². The molecule has 0 radical (unpaired) electrons. The normalized spacial score (nSPS) is 31.9. The highest BCUT2D eigenvalue weighted by Crippen LogP contribution is 2.21. The summed E-state index contributed by atoms with van der Waals surface area (Å²) in [6, 6.07) is -0.353. The van der Waals surface area contributed by atoms with Crippen LogP contribution in [-0.4, -0.2) is 23.6 Å². The Labute approximate surface area is 65.6 Å². The van der Waals surface area contributed by atoms with Gasteiger partial charge in [0.25, 0.3) is 5.91 Å². The van der Waals surface area contributed by atoms with Crippen molar-refractivity contribution in [2.45, 2.75) is 31.2 Å². The molecule has 2 atom stereocenters. The Balaban J connectivity index is 2.06. The highest BCUT2D eigenvalue weighted by Gasteiger charge is 2.48. The molecule has 0 amide bonds. The minimum Gasteiger partial charge on any atom is -0.349 e. The molecular formula is C6H15N3O2. The zero-order valence-corrected chi connectivity index (χ0v) is 6.42. The van der Waals surface area contributed by atoms with Gasteiger partial charge in [0.15, 0.2) is 0 Å². The van der Waals surface area contributed by atoms with Gasteiger partial charge >= 0.3 is 0 Å². The number of hydrogen-bond acceptors (Lipinski definition) is 5. The predicted octanol–water partition coefficient (Wildman–Crippen LogP) is -1.38. The van der Waals surface area contributed by atoms with Gasteiger partial charge in [0, 0.05) is 0 Å². The summed E-state index contributed by atoms with van der Waals surface area (Å²) in [5.41, 5.74) is 13.2. The third-order valence-electron chi connectivity index (χ3n) is 1.78. The molecule has 11 heavy (non-hydrogen) atoms. The molecule has 5 heteroatoms. The second-order valence-corrected chi connectivity index (χ2v) is 2.79. The van der Waals surface area contributed by atoms with E-state index in [0.29, 0.717) is 6.54 Å². The first kappa shape index (κ1) is 8.89. The number of unbranched alkanes of at least 4 members (excludes halogenated alkanes) is 1. The Kier molecular flexibility index (Phi) is 2.80. The Bertz CT molecular complexity index is 127. The van der Waals surface area contributed by atoms with Crippen molar-refractivity contribution in [1.29, 1.82) is 0 Å². The fraction of sp³-hybridized carbons (Fsp3) is 1.00. The molecule has 6 N–H and O–H groups in total. The molecule has 1 aliphatic rings. The summed E-state index contributed by atoms with van der Waals surface area (Å²) in [6.45, 7) is 0.666. The van der Waals surface area contributed by atoms with E-state index >= 15 is 0 Å². The largest absolute Gasteiger partial charge is 0.349 e. The fourth-order valence-electron chi connectivity index (χ4n) is 0.908. The minimum absolute atomic E-state index is 0.353. The summed E-state index contributed by atoms with van der Waals surface area (Å²) >= 11 is 0. The molecule has 0 aromatic rings. The Morgan fingerprint density at radius 3 is 2.64 bits per heavy atom. The van der Waals surface area contributed by atoms with Crippen molar-refractivity contribution in [2.24, 2.45) is 11.5 Å². The van der Waals surface area contributed by atoms with Gasteiger partial charge in [-0.2, -0.15) is 0 Å². The molecule has 0 aromatic heterocycles. The Morgan fingerprint density at radius 1 is 1.55 bits per heavy atom. The van der Waals surface area contributed by atoms with E-state index in [1.54, 1.807) is 0 Å². The van der Waals surface area contributed by atoms with E-state index in [9.17, 15) is 5.11 Å². The first-order chi connectivity index (χ1) is 5.19. The van der Waals surface area contributed by atoms with E-state index in [4.69, 9.17) is 11.5 Å². The standard InChI is InChI=1S/C6H15N3O2/c7-4-2-1-3-5(8)6(10)9-11-6/h5,9-10H,1-4,7-8H2/t5-,6?/m0/s1.